The van der Waals surface area contributed by atoms with Gasteiger partial charge in [0.1, 0.15) is 18.4 Å². The van der Waals surface area contributed by atoms with Gasteiger partial charge < -0.3 is 14.5 Å². The molecule has 4 heterocycles. The number of rotatable bonds is 6. The van der Waals surface area contributed by atoms with Gasteiger partial charge in [0.25, 0.3) is 11.8 Å². The number of nitrogens with one attached hydrogen (secondary N) is 1. The highest BCUT2D eigenvalue weighted by Crippen LogP contribution is 2.30. The van der Waals surface area contributed by atoms with E-state index in [2.05, 4.69) is 10.4 Å². The van der Waals surface area contributed by atoms with Gasteiger partial charge in [-0.15, -0.1) is 0 Å². The molecule has 0 bridgehead atoms. The van der Waals surface area contributed by atoms with Crippen LogP contribution in [0.1, 0.15) is 71.0 Å². The van der Waals surface area contributed by atoms with Crippen LogP contribution in [0.2, 0.25) is 0 Å². The molecule has 0 saturated carbocycles. The Hall–Kier alpha value is -3.69. The zero-order chi connectivity index (χ0) is 25.4. The second-order valence-electron chi connectivity index (χ2n) is 9.66. The minimum absolute atomic E-state index is 0.0140. The van der Waals surface area contributed by atoms with Crippen molar-refractivity contribution in [2.45, 2.75) is 71.1 Å². The van der Waals surface area contributed by atoms with Crippen LogP contribution in [0.4, 0.5) is 0 Å². The van der Waals surface area contributed by atoms with Gasteiger partial charge in [0.05, 0.1) is 17.3 Å². The molecule has 5 rings (SSSR count). The smallest absolute Gasteiger partial charge is 0.257 e. The number of piperidine rings is 2. The van der Waals surface area contributed by atoms with E-state index in [0.717, 1.165) is 30.5 Å². The summed E-state index contributed by atoms with van der Waals surface area (Å²) in [5.74, 6) is -0.330. The van der Waals surface area contributed by atoms with Crippen molar-refractivity contribution in [2.24, 2.45) is 0 Å². The largest absolute Gasteiger partial charge is 0.491 e. The summed E-state index contributed by atoms with van der Waals surface area (Å²) in [5, 5.41) is 6.74. The third-order valence-corrected chi connectivity index (χ3v) is 7.33. The van der Waals surface area contributed by atoms with E-state index in [9.17, 15) is 19.2 Å². The van der Waals surface area contributed by atoms with E-state index < -0.39 is 11.9 Å². The van der Waals surface area contributed by atoms with Crippen molar-refractivity contribution in [1.29, 1.82) is 0 Å². The van der Waals surface area contributed by atoms with E-state index in [1.807, 2.05) is 31.0 Å². The van der Waals surface area contributed by atoms with Crippen LogP contribution in [0, 0.1) is 6.92 Å². The number of fused-ring (bicyclic) bond motifs is 1. The molecule has 2 atom stereocenters. The minimum Gasteiger partial charge on any atom is -0.491 e. The minimum atomic E-state index is -0.644. The summed E-state index contributed by atoms with van der Waals surface area (Å²) < 4.78 is 7.91. The number of aryl methyl sites for hydroxylation is 2. The van der Waals surface area contributed by atoms with Gasteiger partial charge in [-0.2, -0.15) is 5.10 Å². The van der Waals surface area contributed by atoms with Gasteiger partial charge in [-0.1, -0.05) is 0 Å². The van der Waals surface area contributed by atoms with Crippen LogP contribution in [0.15, 0.2) is 24.4 Å². The molecule has 4 amide bonds. The Morgan fingerprint density at radius 1 is 1.19 bits per heavy atom. The molecule has 1 N–H and O–H groups in total. The van der Waals surface area contributed by atoms with E-state index in [4.69, 9.17) is 4.74 Å². The van der Waals surface area contributed by atoms with Gasteiger partial charge in [-0.25, -0.2) is 0 Å². The summed E-state index contributed by atoms with van der Waals surface area (Å²) in [7, 11) is 0. The molecule has 2 fully saturated rings. The lowest BCUT2D eigenvalue weighted by Gasteiger charge is -2.35. The molecule has 3 aliphatic heterocycles. The van der Waals surface area contributed by atoms with Crippen molar-refractivity contribution in [3.8, 4) is 5.75 Å². The van der Waals surface area contributed by atoms with E-state index in [0.29, 0.717) is 49.5 Å². The molecular formula is C26H31N5O5. The normalized spacial score (nSPS) is 22.0. The standard InChI is InChI=1S/C26H31N5O5/c1-3-29-14-21(16(2)28-29)26(35)30-11-5-4-6-18(30)15-36-19-7-8-20-17(12-19)13-31(25(20)34)22-9-10-23(32)27-24(22)33/h7-8,12,14,18,22H,3-6,9-11,13,15H2,1-2H3,(H,27,32,33)/t18-,22?/m0/s1. The molecule has 3 aliphatic rings. The second kappa shape index (κ2) is 9.75. The number of benzene rings is 1. The Morgan fingerprint density at radius 2 is 2.03 bits per heavy atom. The zero-order valence-electron chi connectivity index (χ0n) is 20.7. The summed E-state index contributed by atoms with van der Waals surface area (Å²) in [4.78, 5) is 53.4. The van der Waals surface area contributed by atoms with Gasteiger partial charge in [-0.3, -0.25) is 29.2 Å². The van der Waals surface area contributed by atoms with Gasteiger partial charge in [-0.05, 0) is 63.3 Å². The Bertz CT molecular complexity index is 1220. The van der Waals surface area contributed by atoms with Crippen LogP contribution in [-0.2, 0) is 22.7 Å². The molecule has 10 nitrogen and oxygen atoms in total. The number of carbonyl (C=O) groups excluding carboxylic acids is 4. The number of carbonyl (C=O) groups is 4. The van der Waals surface area contributed by atoms with E-state index >= 15 is 0 Å². The topological polar surface area (TPSA) is 114 Å². The van der Waals surface area contributed by atoms with Crippen molar-refractivity contribution in [3.05, 3.63) is 46.8 Å². The molecular weight excluding hydrogens is 462 g/mol. The summed E-state index contributed by atoms with van der Waals surface area (Å²) in [5.41, 5.74) is 2.70. The lowest BCUT2D eigenvalue weighted by molar-refractivity contribution is -0.136. The molecule has 1 aromatic heterocycles. The maximum Gasteiger partial charge on any atom is 0.257 e. The van der Waals surface area contributed by atoms with Gasteiger partial charge in [0.15, 0.2) is 0 Å². The highest BCUT2D eigenvalue weighted by Gasteiger charge is 2.39. The molecule has 2 aromatic rings. The molecule has 190 valence electrons. The average molecular weight is 494 g/mol. The number of ether oxygens (including phenoxy) is 1. The second-order valence-corrected chi connectivity index (χ2v) is 9.66. The molecule has 0 radical (unpaired) electrons. The maximum atomic E-state index is 13.3. The van der Waals surface area contributed by atoms with E-state index in [1.165, 1.54) is 4.90 Å². The van der Waals surface area contributed by atoms with Gasteiger partial charge in [0.2, 0.25) is 11.8 Å². The number of likely N-dealkylation sites (tertiary alicyclic amines) is 1. The lowest BCUT2D eigenvalue weighted by Crippen LogP contribution is -2.52. The first kappa shape index (κ1) is 24.0. The zero-order valence-corrected chi connectivity index (χ0v) is 20.7. The fourth-order valence-electron chi connectivity index (χ4n) is 5.32. The number of hydrogen-bond acceptors (Lipinski definition) is 6. The quantitative estimate of drug-likeness (QED) is 0.616. The van der Waals surface area contributed by atoms with Crippen molar-refractivity contribution < 1.29 is 23.9 Å². The van der Waals surface area contributed by atoms with Gasteiger partial charge in [0, 0.05) is 37.8 Å². The first-order chi connectivity index (χ1) is 17.4. The summed E-state index contributed by atoms with van der Waals surface area (Å²) in [6.07, 6.45) is 5.22. The number of imide groups is 1. The molecule has 36 heavy (non-hydrogen) atoms. The predicted molar refractivity (Wildman–Crippen MR) is 129 cm³/mol. The van der Waals surface area contributed by atoms with E-state index in [1.54, 1.807) is 16.8 Å². The van der Waals surface area contributed by atoms with Crippen molar-refractivity contribution >= 4 is 23.6 Å². The van der Waals surface area contributed by atoms with Gasteiger partial charge >= 0.3 is 0 Å². The Balaban J connectivity index is 1.26. The molecule has 0 aliphatic carbocycles. The number of amides is 4. The summed E-state index contributed by atoms with van der Waals surface area (Å²) in [6.45, 7) is 5.90. The summed E-state index contributed by atoms with van der Waals surface area (Å²) >= 11 is 0. The molecule has 0 spiro atoms. The number of hydrogen-bond donors (Lipinski definition) is 1. The third kappa shape index (κ3) is 4.47. The monoisotopic (exact) mass is 493 g/mol. The van der Waals surface area contributed by atoms with Crippen molar-refractivity contribution in [3.63, 3.8) is 0 Å². The van der Waals surface area contributed by atoms with Crippen LogP contribution in [0.25, 0.3) is 0 Å². The lowest BCUT2D eigenvalue weighted by atomic mass is 10.0. The SMILES string of the molecule is CCn1cc(C(=O)N2CCCC[C@H]2COc2ccc3c(c2)CN(C2CCC(=O)NC2=O)C3=O)c(C)n1. The van der Waals surface area contributed by atoms with Crippen LogP contribution in [0.3, 0.4) is 0 Å². The molecule has 1 unspecified atom stereocenters. The van der Waals surface area contributed by atoms with Crippen LogP contribution >= 0.6 is 0 Å². The number of nitrogens with zero attached hydrogens (tertiary/aromatic N) is 4. The van der Waals surface area contributed by atoms with Crippen LogP contribution in [-0.4, -0.2) is 68.4 Å². The molecule has 10 heteroatoms. The van der Waals surface area contributed by atoms with Crippen molar-refractivity contribution in [1.82, 2.24) is 24.9 Å². The Morgan fingerprint density at radius 3 is 2.78 bits per heavy atom. The number of aromatic nitrogens is 2. The summed E-state index contributed by atoms with van der Waals surface area (Å²) in [6, 6.07) is 4.63. The Kier molecular flexibility index (Phi) is 6.51. The average Bonchev–Trinajstić information content (AvgIpc) is 3.41. The first-order valence-electron chi connectivity index (χ1n) is 12.6. The predicted octanol–water partition coefficient (Wildman–Crippen LogP) is 2.05. The van der Waals surface area contributed by atoms with E-state index in [-0.39, 0.29) is 30.2 Å². The van der Waals surface area contributed by atoms with Crippen molar-refractivity contribution in [2.75, 3.05) is 13.2 Å². The fourth-order valence-corrected chi connectivity index (χ4v) is 5.32. The van der Waals surface area contributed by atoms with Crippen LogP contribution in [0.5, 0.6) is 5.75 Å². The maximum absolute atomic E-state index is 13.3. The highest BCUT2D eigenvalue weighted by molar-refractivity contribution is 6.05. The fraction of sp³-hybridized carbons (Fsp3) is 0.500. The van der Waals surface area contributed by atoms with Crippen LogP contribution < -0.4 is 10.1 Å². The first-order valence-corrected chi connectivity index (χ1v) is 12.6. The Labute approximate surface area is 209 Å². The third-order valence-electron chi connectivity index (χ3n) is 7.33. The highest BCUT2D eigenvalue weighted by atomic mass is 16.5. The molecule has 2 saturated heterocycles. The molecule has 1 aromatic carbocycles.